The number of aliphatic hydroxyl groups excluding tert-OH is 2. The van der Waals surface area contributed by atoms with Crippen molar-refractivity contribution in [1.82, 2.24) is 5.32 Å². The van der Waals surface area contributed by atoms with E-state index in [1.807, 2.05) is 24.3 Å². The van der Waals surface area contributed by atoms with Gasteiger partial charge in [-0.15, -0.1) is 0 Å². The minimum Gasteiger partial charge on any atom is -0.510 e. The van der Waals surface area contributed by atoms with E-state index < -0.39 is 17.8 Å². The molecule has 1 aliphatic rings. The van der Waals surface area contributed by atoms with Gasteiger partial charge in [-0.25, -0.2) is 4.79 Å². The lowest BCUT2D eigenvalue weighted by molar-refractivity contribution is 0.0911. The smallest absolute Gasteiger partial charge is 0.326 e. The number of hydrogen-bond acceptors (Lipinski definition) is 4. The molecule has 1 atom stereocenters. The van der Waals surface area contributed by atoms with Gasteiger partial charge < -0.3 is 20.8 Å². The van der Waals surface area contributed by atoms with Crippen LogP contribution in [0.3, 0.4) is 0 Å². The Bertz CT molecular complexity index is 1380. The fraction of sp³-hybridized carbons (Fsp3) is 0.226. The summed E-state index contributed by atoms with van der Waals surface area (Å²) in [6.45, 7) is 3.32. The molecule has 4 rings (SSSR count). The van der Waals surface area contributed by atoms with E-state index in [9.17, 15) is 19.8 Å². The number of allylic oxidation sites excluding steroid dienone is 2. The third kappa shape index (κ3) is 7.88. The van der Waals surface area contributed by atoms with Gasteiger partial charge in [0.05, 0.1) is 13.1 Å². The second-order valence-corrected chi connectivity index (χ2v) is 10.5. The lowest BCUT2D eigenvalue weighted by Crippen LogP contribution is -2.34. The molecule has 0 aromatic heterocycles. The van der Waals surface area contributed by atoms with Gasteiger partial charge in [0.1, 0.15) is 11.9 Å². The van der Waals surface area contributed by atoms with E-state index in [2.05, 4.69) is 23.3 Å². The summed E-state index contributed by atoms with van der Waals surface area (Å²) in [7, 11) is 0. The van der Waals surface area contributed by atoms with E-state index in [1.54, 1.807) is 47.4 Å². The summed E-state index contributed by atoms with van der Waals surface area (Å²) >= 11 is 12.3. The summed E-state index contributed by atoms with van der Waals surface area (Å²) in [4.78, 5) is 27.5. The van der Waals surface area contributed by atoms with Crippen LogP contribution in [-0.2, 0) is 6.54 Å². The molecule has 7 nitrogen and oxygen atoms in total. The summed E-state index contributed by atoms with van der Waals surface area (Å²) in [5.41, 5.74) is 4.80. The van der Waals surface area contributed by atoms with Crippen LogP contribution in [0.1, 0.15) is 47.2 Å². The number of halogens is 2. The third-order valence-corrected chi connectivity index (χ3v) is 7.03. The van der Waals surface area contributed by atoms with E-state index >= 15 is 0 Å². The molecule has 0 unspecified atom stereocenters. The van der Waals surface area contributed by atoms with E-state index in [1.165, 1.54) is 18.4 Å². The van der Waals surface area contributed by atoms with Crippen LogP contribution in [-0.4, -0.2) is 34.8 Å². The van der Waals surface area contributed by atoms with Gasteiger partial charge in [-0.05, 0) is 84.8 Å². The molecule has 0 spiro atoms. The molecule has 3 aromatic rings. The molecular formula is C31H31Cl2N3O4. The Balaban J connectivity index is 1.54. The standard InChI is InChI=1S/C31H31Cl2N3O4/c1-20(37)29(38)18-34-30(39)24-9-7-21(8-10-24)19-36(31(40)35-27-16-25(32)15-26(33)17-27)28-13-11-23(12-14-28)22-5-3-2-4-6-22/h5,7-17,29,37-38H,1-4,6,18-19H2,(H,34,39)(H,35,40)/t29-/m1/s1. The molecule has 4 N–H and O–H groups in total. The number of nitrogens with one attached hydrogen (secondary N) is 2. The first-order valence-electron chi connectivity index (χ1n) is 13.0. The average molecular weight is 581 g/mol. The van der Waals surface area contributed by atoms with Gasteiger partial charge >= 0.3 is 6.03 Å². The van der Waals surface area contributed by atoms with Gasteiger partial charge in [0, 0.05) is 27.0 Å². The number of nitrogens with zero attached hydrogens (tertiary/aromatic N) is 1. The molecule has 3 amide bonds. The van der Waals surface area contributed by atoms with Crippen molar-refractivity contribution in [2.24, 2.45) is 0 Å². The van der Waals surface area contributed by atoms with Crippen LogP contribution in [0.15, 0.2) is 85.1 Å². The Morgan fingerprint density at radius 1 is 0.975 bits per heavy atom. The van der Waals surface area contributed by atoms with Crippen molar-refractivity contribution in [2.75, 3.05) is 16.8 Å². The monoisotopic (exact) mass is 579 g/mol. The molecule has 0 heterocycles. The summed E-state index contributed by atoms with van der Waals surface area (Å²) < 4.78 is 0. The number of urea groups is 1. The number of anilines is 2. The zero-order valence-corrected chi connectivity index (χ0v) is 23.4. The number of carbonyl (C=O) groups is 2. The van der Waals surface area contributed by atoms with Gasteiger partial charge in [-0.1, -0.05) is 60.1 Å². The molecule has 0 aliphatic heterocycles. The number of carbonyl (C=O) groups excluding carboxylic acids is 2. The molecule has 0 radical (unpaired) electrons. The molecule has 0 saturated carbocycles. The predicted molar refractivity (Wildman–Crippen MR) is 161 cm³/mol. The molecule has 9 heteroatoms. The fourth-order valence-electron chi connectivity index (χ4n) is 4.41. The quantitative estimate of drug-likeness (QED) is 0.199. The van der Waals surface area contributed by atoms with Gasteiger partial charge in [0.25, 0.3) is 5.91 Å². The Morgan fingerprint density at radius 3 is 2.25 bits per heavy atom. The first kappa shape index (κ1) is 29.2. The first-order chi connectivity index (χ1) is 19.2. The van der Waals surface area contributed by atoms with E-state index in [4.69, 9.17) is 23.2 Å². The van der Waals surface area contributed by atoms with Crippen LogP contribution < -0.4 is 15.5 Å². The fourth-order valence-corrected chi connectivity index (χ4v) is 4.93. The maximum atomic E-state index is 13.5. The zero-order chi connectivity index (χ0) is 28.6. The van der Waals surface area contributed by atoms with Gasteiger partial charge in [-0.3, -0.25) is 9.69 Å². The summed E-state index contributed by atoms with van der Waals surface area (Å²) in [6, 6.07) is 19.2. The minimum absolute atomic E-state index is 0.162. The Kier molecular flexibility index (Phi) is 9.88. The maximum absolute atomic E-state index is 13.5. The average Bonchev–Trinajstić information content (AvgIpc) is 2.94. The highest BCUT2D eigenvalue weighted by Crippen LogP contribution is 2.29. The molecule has 40 heavy (non-hydrogen) atoms. The molecular weight excluding hydrogens is 549 g/mol. The van der Waals surface area contributed by atoms with Crippen LogP contribution >= 0.6 is 23.2 Å². The zero-order valence-electron chi connectivity index (χ0n) is 21.9. The number of rotatable bonds is 9. The minimum atomic E-state index is -1.24. The van der Waals surface area contributed by atoms with Crippen molar-refractivity contribution in [3.05, 3.63) is 112 Å². The van der Waals surface area contributed by atoms with E-state index in [0.717, 1.165) is 24.0 Å². The van der Waals surface area contributed by atoms with Gasteiger partial charge in [0.2, 0.25) is 0 Å². The van der Waals surface area contributed by atoms with Crippen LogP contribution in [0.4, 0.5) is 16.2 Å². The summed E-state index contributed by atoms with van der Waals surface area (Å²) in [6.07, 6.45) is 5.56. The van der Waals surface area contributed by atoms with Crippen molar-refractivity contribution in [3.8, 4) is 0 Å². The lowest BCUT2D eigenvalue weighted by Gasteiger charge is -2.24. The Labute approximate surface area is 243 Å². The van der Waals surface area contributed by atoms with Crippen LogP contribution in [0.5, 0.6) is 0 Å². The van der Waals surface area contributed by atoms with E-state index in [0.29, 0.717) is 27.0 Å². The maximum Gasteiger partial charge on any atom is 0.326 e. The lowest BCUT2D eigenvalue weighted by atomic mass is 9.93. The van der Waals surface area contributed by atoms with Crippen LogP contribution in [0.2, 0.25) is 10.0 Å². The summed E-state index contributed by atoms with van der Waals surface area (Å²) in [5.74, 6) is -0.829. The second kappa shape index (κ2) is 13.5. The third-order valence-electron chi connectivity index (χ3n) is 6.60. The normalized spacial score (nSPS) is 13.6. The molecule has 0 bridgehead atoms. The Hall–Kier alpha value is -3.78. The highest BCUT2D eigenvalue weighted by Gasteiger charge is 2.19. The molecule has 1 aliphatic carbocycles. The Morgan fingerprint density at radius 2 is 1.65 bits per heavy atom. The van der Waals surface area contributed by atoms with Gasteiger partial charge in [-0.2, -0.15) is 0 Å². The number of hydrogen-bond donors (Lipinski definition) is 4. The van der Waals surface area contributed by atoms with Crippen LogP contribution in [0.25, 0.3) is 5.57 Å². The number of benzene rings is 3. The highest BCUT2D eigenvalue weighted by molar-refractivity contribution is 6.35. The highest BCUT2D eigenvalue weighted by atomic mass is 35.5. The summed E-state index contributed by atoms with van der Waals surface area (Å²) in [5, 5.41) is 25.1. The second-order valence-electron chi connectivity index (χ2n) is 9.61. The molecule has 0 saturated heterocycles. The largest absolute Gasteiger partial charge is 0.510 e. The molecule has 0 fully saturated rings. The van der Waals surface area contributed by atoms with Crippen molar-refractivity contribution in [3.63, 3.8) is 0 Å². The first-order valence-corrected chi connectivity index (χ1v) is 13.7. The topological polar surface area (TPSA) is 102 Å². The van der Waals surface area contributed by atoms with Crippen molar-refractivity contribution >= 4 is 52.1 Å². The van der Waals surface area contributed by atoms with E-state index in [-0.39, 0.29) is 19.1 Å². The van der Waals surface area contributed by atoms with Crippen LogP contribution in [0, 0.1) is 0 Å². The van der Waals surface area contributed by atoms with Crippen molar-refractivity contribution < 1.29 is 19.8 Å². The SMILES string of the molecule is C=C(O)[C@H](O)CNC(=O)c1ccc(CN(C(=O)Nc2cc(Cl)cc(Cl)c2)c2ccc(C3=CCCCC3)cc2)cc1. The molecule has 208 valence electrons. The van der Waals surface area contributed by atoms with Gasteiger partial charge in [0.15, 0.2) is 0 Å². The van der Waals surface area contributed by atoms with Crippen molar-refractivity contribution in [2.45, 2.75) is 38.3 Å². The molecule has 3 aromatic carbocycles. The van der Waals surface area contributed by atoms with Crippen molar-refractivity contribution in [1.29, 1.82) is 0 Å². The number of aliphatic hydroxyl groups is 2. The predicted octanol–water partition coefficient (Wildman–Crippen LogP) is 7.35. The number of amides is 3.